The number of rotatable bonds is 6. The van der Waals surface area contributed by atoms with Gasteiger partial charge in [0, 0.05) is 11.3 Å². The summed E-state index contributed by atoms with van der Waals surface area (Å²) >= 11 is 0. The number of halogens is 3. The highest BCUT2D eigenvalue weighted by molar-refractivity contribution is 7.89. The summed E-state index contributed by atoms with van der Waals surface area (Å²) < 4.78 is 63.6. The summed E-state index contributed by atoms with van der Waals surface area (Å²) in [6.07, 6.45) is -3.25. The van der Waals surface area contributed by atoms with Gasteiger partial charge >= 0.3 is 6.18 Å². The third-order valence-electron chi connectivity index (χ3n) is 5.04. The van der Waals surface area contributed by atoms with Gasteiger partial charge < -0.3 is 5.32 Å². The van der Waals surface area contributed by atoms with Crippen LogP contribution in [0.1, 0.15) is 21.5 Å². The van der Waals surface area contributed by atoms with Gasteiger partial charge in [0.05, 0.1) is 16.7 Å². The third kappa shape index (κ3) is 5.85. The number of nitrogens with zero attached hydrogens (tertiary/aromatic N) is 1. The molecule has 0 radical (unpaired) electrons. The molecule has 0 bridgehead atoms. The molecule has 35 heavy (non-hydrogen) atoms. The molecule has 0 heterocycles. The van der Waals surface area contributed by atoms with E-state index in [1.165, 1.54) is 48.7 Å². The number of carbonyl (C=O) groups is 1. The molecule has 4 aromatic carbocycles. The van der Waals surface area contributed by atoms with Crippen LogP contribution < -0.4 is 10.1 Å². The molecule has 10 heteroatoms. The Morgan fingerprint density at radius 1 is 0.829 bits per heavy atom. The lowest BCUT2D eigenvalue weighted by molar-refractivity contribution is -0.137. The second-order valence-corrected chi connectivity index (χ2v) is 9.18. The number of sulfonamides is 1. The minimum Gasteiger partial charge on any atom is -0.322 e. The zero-order chi connectivity index (χ0) is 25.1. The number of alkyl halides is 3. The number of carbonyl (C=O) groups excluding carboxylic acids is 1. The summed E-state index contributed by atoms with van der Waals surface area (Å²) in [7, 11) is -3.88. The van der Waals surface area contributed by atoms with E-state index in [1.54, 1.807) is 12.1 Å². The summed E-state index contributed by atoms with van der Waals surface area (Å²) in [5, 5.41) is 7.88. The van der Waals surface area contributed by atoms with Crippen LogP contribution >= 0.6 is 0 Å². The molecule has 0 fully saturated rings. The standard InChI is InChI=1S/C25H18F3N3O3S/c26-25(27,28)21-6-3-7-22(15-21)30-24(32)19-10-8-17(9-11-19)16-29-31-35(33,34)23-13-12-18-4-1-2-5-20(18)14-23/h1-16,31H,(H,30,32). The molecule has 6 nitrogen and oxygen atoms in total. The van der Waals surface area contributed by atoms with Crippen LogP contribution in [0.2, 0.25) is 0 Å². The summed E-state index contributed by atoms with van der Waals surface area (Å²) in [6.45, 7) is 0. The van der Waals surface area contributed by atoms with E-state index in [9.17, 15) is 26.4 Å². The Balaban J connectivity index is 1.40. The molecule has 0 aliphatic rings. The van der Waals surface area contributed by atoms with Gasteiger partial charge in [0.1, 0.15) is 0 Å². The van der Waals surface area contributed by atoms with Crippen molar-refractivity contribution in [2.24, 2.45) is 5.10 Å². The number of hydrogen-bond acceptors (Lipinski definition) is 4. The van der Waals surface area contributed by atoms with Crippen LogP contribution in [0.25, 0.3) is 10.8 Å². The van der Waals surface area contributed by atoms with Crippen molar-refractivity contribution in [3.63, 3.8) is 0 Å². The Hall–Kier alpha value is -4.18. The lowest BCUT2D eigenvalue weighted by Gasteiger charge is -2.10. The Morgan fingerprint density at radius 2 is 1.54 bits per heavy atom. The van der Waals surface area contributed by atoms with Crippen LogP contribution in [0, 0.1) is 0 Å². The Bertz CT molecular complexity index is 1520. The molecule has 0 saturated heterocycles. The number of anilines is 1. The predicted molar refractivity (Wildman–Crippen MR) is 128 cm³/mol. The maximum atomic E-state index is 12.8. The zero-order valence-corrected chi connectivity index (χ0v) is 18.8. The monoisotopic (exact) mass is 497 g/mol. The minimum atomic E-state index is -4.52. The fourth-order valence-corrected chi connectivity index (χ4v) is 4.08. The predicted octanol–water partition coefficient (Wildman–Crippen LogP) is 5.42. The topological polar surface area (TPSA) is 87.6 Å². The summed E-state index contributed by atoms with van der Waals surface area (Å²) in [5.74, 6) is -0.593. The van der Waals surface area contributed by atoms with E-state index < -0.39 is 27.7 Å². The number of amides is 1. The van der Waals surface area contributed by atoms with Crippen molar-refractivity contribution in [1.82, 2.24) is 4.83 Å². The zero-order valence-electron chi connectivity index (χ0n) is 18.0. The molecule has 4 rings (SSSR count). The summed E-state index contributed by atoms with van der Waals surface area (Å²) in [4.78, 5) is 14.6. The van der Waals surface area contributed by atoms with Crippen LogP contribution in [0.15, 0.2) is 101 Å². The first-order chi connectivity index (χ1) is 16.6. The van der Waals surface area contributed by atoms with Gasteiger partial charge in [-0.3, -0.25) is 4.79 Å². The lowest BCUT2D eigenvalue weighted by atomic mass is 10.1. The summed E-state index contributed by atoms with van der Waals surface area (Å²) in [5.41, 5.74) is -0.148. The van der Waals surface area contributed by atoms with E-state index in [4.69, 9.17) is 0 Å². The number of hydrogen-bond donors (Lipinski definition) is 2. The minimum absolute atomic E-state index is 0.0126. The molecule has 2 N–H and O–H groups in total. The molecule has 0 spiro atoms. The highest BCUT2D eigenvalue weighted by Gasteiger charge is 2.30. The smallest absolute Gasteiger partial charge is 0.322 e. The number of nitrogens with one attached hydrogen (secondary N) is 2. The summed E-state index contributed by atoms with van der Waals surface area (Å²) in [6, 6.07) is 22.4. The van der Waals surface area contributed by atoms with E-state index >= 15 is 0 Å². The fraction of sp³-hybridized carbons (Fsp3) is 0.0400. The van der Waals surface area contributed by atoms with E-state index in [2.05, 4.69) is 15.2 Å². The van der Waals surface area contributed by atoms with E-state index in [0.717, 1.165) is 22.9 Å². The van der Waals surface area contributed by atoms with Crippen LogP contribution in [0.4, 0.5) is 18.9 Å². The highest BCUT2D eigenvalue weighted by Crippen LogP contribution is 2.30. The van der Waals surface area contributed by atoms with E-state index in [-0.39, 0.29) is 16.1 Å². The Morgan fingerprint density at radius 3 is 2.26 bits per heavy atom. The first-order valence-corrected chi connectivity index (χ1v) is 11.7. The van der Waals surface area contributed by atoms with Crippen molar-refractivity contribution in [2.45, 2.75) is 11.1 Å². The number of hydrazone groups is 1. The Labute approximate surface area is 199 Å². The van der Waals surface area contributed by atoms with Crippen molar-refractivity contribution in [3.8, 4) is 0 Å². The van der Waals surface area contributed by atoms with Crippen LogP contribution in [0.5, 0.6) is 0 Å². The lowest BCUT2D eigenvalue weighted by Crippen LogP contribution is -2.18. The Kier molecular flexibility index (Phi) is 6.57. The molecule has 0 unspecified atom stereocenters. The largest absolute Gasteiger partial charge is 0.416 e. The van der Waals surface area contributed by atoms with Crippen molar-refractivity contribution in [2.75, 3.05) is 5.32 Å². The van der Waals surface area contributed by atoms with Gasteiger partial charge in [0.15, 0.2) is 0 Å². The molecule has 178 valence electrons. The van der Waals surface area contributed by atoms with Crippen LogP contribution in [0.3, 0.4) is 0 Å². The normalized spacial score (nSPS) is 12.1. The highest BCUT2D eigenvalue weighted by atomic mass is 32.2. The van der Waals surface area contributed by atoms with Gasteiger partial charge in [-0.05, 0) is 58.8 Å². The van der Waals surface area contributed by atoms with Crippen molar-refractivity contribution >= 4 is 38.6 Å². The van der Waals surface area contributed by atoms with E-state index in [0.29, 0.717) is 5.56 Å². The van der Waals surface area contributed by atoms with Crippen molar-refractivity contribution in [1.29, 1.82) is 0 Å². The molecule has 0 aliphatic heterocycles. The first kappa shape index (κ1) is 24.0. The van der Waals surface area contributed by atoms with Crippen molar-refractivity contribution < 1.29 is 26.4 Å². The van der Waals surface area contributed by atoms with Gasteiger partial charge in [0.2, 0.25) is 0 Å². The maximum absolute atomic E-state index is 12.8. The molecular formula is C25H18F3N3O3S. The second kappa shape index (κ2) is 9.59. The maximum Gasteiger partial charge on any atom is 0.416 e. The average molecular weight is 497 g/mol. The SMILES string of the molecule is O=C(Nc1cccc(C(F)(F)F)c1)c1ccc(C=NNS(=O)(=O)c2ccc3ccccc3c2)cc1. The average Bonchev–Trinajstić information content (AvgIpc) is 2.83. The van der Waals surface area contributed by atoms with Gasteiger partial charge in [-0.25, -0.2) is 4.83 Å². The van der Waals surface area contributed by atoms with Crippen LogP contribution in [-0.4, -0.2) is 20.5 Å². The second-order valence-electron chi connectivity index (χ2n) is 7.52. The molecule has 0 atom stereocenters. The van der Waals surface area contributed by atoms with Crippen LogP contribution in [-0.2, 0) is 16.2 Å². The molecule has 1 amide bonds. The van der Waals surface area contributed by atoms with Gasteiger partial charge in [0.25, 0.3) is 15.9 Å². The molecule has 0 aliphatic carbocycles. The quantitative estimate of drug-likeness (QED) is 0.275. The van der Waals surface area contributed by atoms with Crippen molar-refractivity contribution in [3.05, 3.63) is 108 Å². The molecule has 4 aromatic rings. The third-order valence-corrected chi connectivity index (χ3v) is 6.26. The molecular weight excluding hydrogens is 479 g/mol. The fourth-order valence-electron chi connectivity index (χ4n) is 3.25. The van der Waals surface area contributed by atoms with Gasteiger partial charge in [-0.15, -0.1) is 0 Å². The molecule has 0 aromatic heterocycles. The number of fused-ring (bicyclic) bond motifs is 1. The molecule has 0 saturated carbocycles. The van der Waals surface area contributed by atoms with Gasteiger partial charge in [-0.1, -0.05) is 48.5 Å². The van der Waals surface area contributed by atoms with Gasteiger partial charge in [-0.2, -0.15) is 26.7 Å². The van der Waals surface area contributed by atoms with E-state index in [1.807, 2.05) is 24.3 Å². The number of benzene rings is 4. The first-order valence-electron chi connectivity index (χ1n) is 10.2.